The zero-order chi connectivity index (χ0) is 19.6. The van der Waals surface area contributed by atoms with Crippen molar-refractivity contribution in [2.75, 3.05) is 19.6 Å². The maximum absolute atomic E-state index is 4.67. The van der Waals surface area contributed by atoms with Crippen molar-refractivity contribution < 1.29 is 0 Å². The van der Waals surface area contributed by atoms with Crippen LogP contribution in [0.25, 0.3) is 5.69 Å². The Morgan fingerprint density at radius 1 is 1.11 bits per heavy atom. The van der Waals surface area contributed by atoms with Crippen molar-refractivity contribution >= 4 is 17.3 Å². The predicted molar refractivity (Wildman–Crippen MR) is 116 cm³/mol. The lowest BCUT2D eigenvalue weighted by Crippen LogP contribution is -2.38. The molecule has 3 aromatic rings. The number of hydrogen-bond acceptors (Lipinski definition) is 4. The van der Waals surface area contributed by atoms with Crippen LogP contribution in [0.3, 0.4) is 0 Å². The Labute approximate surface area is 170 Å². The molecule has 0 saturated carbocycles. The van der Waals surface area contributed by atoms with E-state index in [9.17, 15) is 0 Å². The van der Waals surface area contributed by atoms with Gasteiger partial charge in [-0.2, -0.15) is 5.10 Å². The van der Waals surface area contributed by atoms with Crippen LogP contribution in [0.15, 0.2) is 53.9 Å². The molecular formula is C21H28N6S. The number of aliphatic imine (C=N–C) groups is 1. The second-order valence-electron chi connectivity index (χ2n) is 6.39. The third kappa shape index (κ3) is 5.92. The van der Waals surface area contributed by atoms with Gasteiger partial charge in [0.05, 0.1) is 16.9 Å². The predicted octanol–water partition coefficient (Wildman–Crippen LogP) is 3.23. The van der Waals surface area contributed by atoms with Gasteiger partial charge in [-0.15, -0.1) is 11.3 Å². The summed E-state index contributed by atoms with van der Waals surface area (Å²) in [4.78, 5) is 10.5. The van der Waals surface area contributed by atoms with Crippen LogP contribution in [0.4, 0.5) is 0 Å². The van der Waals surface area contributed by atoms with Crippen LogP contribution in [-0.4, -0.2) is 40.4 Å². The van der Waals surface area contributed by atoms with Gasteiger partial charge in [0, 0.05) is 43.3 Å². The van der Waals surface area contributed by atoms with Crippen LogP contribution in [0, 0.1) is 0 Å². The smallest absolute Gasteiger partial charge is 0.191 e. The van der Waals surface area contributed by atoms with E-state index < -0.39 is 0 Å². The van der Waals surface area contributed by atoms with Crippen LogP contribution < -0.4 is 10.6 Å². The molecule has 7 heteroatoms. The minimum absolute atomic E-state index is 0.734. The third-order valence-corrected chi connectivity index (χ3v) is 5.45. The van der Waals surface area contributed by atoms with E-state index in [1.54, 1.807) is 11.3 Å². The van der Waals surface area contributed by atoms with Gasteiger partial charge < -0.3 is 10.6 Å². The molecule has 3 rings (SSSR count). The largest absolute Gasteiger partial charge is 0.357 e. The molecule has 0 saturated heterocycles. The summed E-state index contributed by atoms with van der Waals surface area (Å²) < 4.78 is 1.91. The van der Waals surface area contributed by atoms with Gasteiger partial charge in [-0.25, -0.2) is 9.67 Å². The lowest BCUT2D eigenvalue weighted by molar-refractivity contribution is 0.796. The van der Waals surface area contributed by atoms with Crippen molar-refractivity contribution in [1.82, 2.24) is 25.4 Å². The molecule has 0 aliphatic heterocycles. The maximum Gasteiger partial charge on any atom is 0.191 e. The highest BCUT2D eigenvalue weighted by Crippen LogP contribution is 2.13. The fraction of sp³-hybridized carbons (Fsp3) is 0.381. The molecule has 2 heterocycles. The van der Waals surface area contributed by atoms with Crippen LogP contribution in [0.2, 0.25) is 0 Å². The standard InChI is InChI=1S/C21H28N6S/c1-3-19-15-25-20(28-19)11-13-24-21(22-4-2)23-12-10-17-14-26-27(16-17)18-8-6-5-7-9-18/h5-9,14-16H,3-4,10-13H2,1-2H3,(H2,22,23,24). The molecule has 0 atom stereocenters. The number of guanidine groups is 1. The monoisotopic (exact) mass is 396 g/mol. The SMILES string of the molecule is CCNC(=NCCc1ncc(CC)s1)NCCc1cnn(-c2ccccc2)c1. The number of rotatable bonds is 9. The van der Waals surface area contributed by atoms with E-state index in [4.69, 9.17) is 0 Å². The van der Waals surface area contributed by atoms with Gasteiger partial charge in [-0.3, -0.25) is 4.99 Å². The Balaban J connectivity index is 1.47. The second kappa shape index (κ2) is 10.6. The summed E-state index contributed by atoms with van der Waals surface area (Å²) in [6.45, 7) is 6.62. The van der Waals surface area contributed by atoms with Crippen LogP contribution >= 0.6 is 11.3 Å². The lowest BCUT2D eigenvalue weighted by Gasteiger charge is -2.10. The van der Waals surface area contributed by atoms with Gasteiger partial charge in [0.1, 0.15) is 0 Å². The van der Waals surface area contributed by atoms with E-state index in [1.165, 1.54) is 10.4 Å². The summed E-state index contributed by atoms with van der Waals surface area (Å²) in [6.07, 6.45) is 8.80. The first-order valence-corrected chi connectivity index (χ1v) is 10.6. The molecule has 148 valence electrons. The molecule has 2 aromatic heterocycles. The number of nitrogens with zero attached hydrogens (tertiary/aromatic N) is 4. The summed E-state index contributed by atoms with van der Waals surface area (Å²) >= 11 is 1.78. The molecule has 2 N–H and O–H groups in total. The van der Waals surface area contributed by atoms with Crippen LogP contribution in [-0.2, 0) is 19.3 Å². The Morgan fingerprint density at radius 2 is 1.96 bits per heavy atom. The van der Waals surface area contributed by atoms with Gasteiger partial charge in [0.25, 0.3) is 0 Å². The fourth-order valence-corrected chi connectivity index (χ4v) is 3.62. The molecule has 6 nitrogen and oxygen atoms in total. The van der Waals surface area contributed by atoms with Crippen molar-refractivity contribution in [3.05, 3.63) is 64.4 Å². The quantitative estimate of drug-likeness (QED) is 0.430. The van der Waals surface area contributed by atoms with Gasteiger partial charge in [-0.05, 0) is 37.5 Å². The highest BCUT2D eigenvalue weighted by molar-refractivity contribution is 7.11. The fourth-order valence-electron chi connectivity index (χ4n) is 2.77. The molecule has 0 unspecified atom stereocenters. The maximum atomic E-state index is 4.67. The topological polar surface area (TPSA) is 67.1 Å². The van der Waals surface area contributed by atoms with Crippen LogP contribution in [0.5, 0.6) is 0 Å². The van der Waals surface area contributed by atoms with E-state index >= 15 is 0 Å². The first-order valence-electron chi connectivity index (χ1n) is 9.83. The van der Waals surface area contributed by atoms with Crippen molar-refractivity contribution in [2.24, 2.45) is 4.99 Å². The molecule has 0 aliphatic rings. The number of benzene rings is 1. The molecule has 0 amide bonds. The number of thiazole rings is 1. The van der Waals surface area contributed by atoms with Gasteiger partial charge in [0.2, 0.25) is 0 Å². The van der Waals surface area contributed by atoms with Crippen molar-refractivity contribution in [3.8, 4) is 5.69 Å². The Bertz CT molecular complexity index is 868. The summed E-state index contributed by atoms with van der Waals surface area (Å²) in [5, 5.41) is 12.3. The molecule has 28 heavy (non-hydrogen) atoms. The van der Waals surface area contributed by atoms with Gasteiger partial charge >= 0.3 is 0 Å². The van der Waals surface area contributed by atoms with E-state index in [1.807, 2.05) is 35.3 Å². The lowest BCUT2D eigenvalue weighted by atomic mass is 10.2. The van der Waals surface area contributed by atoms with Gasteiger partial charge in [0.15, 0.2) is 5.96 Å². The Hall–Kier alpha value is -2.67. The summed E-state index contributed by atoms with van der Waals surface area (Å²) in [7, 11) is 0. The number of nitrogens with one attached hydrogen (secondary N) is 2. The average molecular weight is 397 g/mol. The van der Waals surface area contributed by atoms with E-state index in [2.05, 4.69) is 57.9 Å². The average Bonchev–Trinajstić information content (AvgIpc) is 3.38. The number of para-hydroxylation sites is 1. The highest BCUT2D eigenvalue weighted by Gasteiger charge is 2.03. The summed E-state index contributed by atoms with van der Waals surface area (Å²) in [5.41, 5.74) is 2.27. The third-order valence-electron chi connectivity index (χ3n) is 4.25. The molecular weight excluding hydrogens is 368 g/mol. The molecule has 0 aliphatic carbocycles. The molecule has 0 fully saturated rings. The number of hydrogen-bond donors (Lipinski definition) is 2. The summed E-state index contributed by atoms with van der Waals surface area (Å²) in [5.74, 6) is 0.852. The first-order chi connectivity index (χ1) is 13.8. The van der Waals surface area contributed by atoms with Crippen LogP contribution in [0.1, 0.15) is 29.3 Å². The Kier molecular flexibility index (Phi) is 7.61. The summed E-state index contributed by atoms with van der Waals surface area (Å²) in [6, 6.07) is 10.2. The van der Waals surface area contributed by atoms with Crippen molar-refractivity contribution in [2.45, 2.75) is 33.1 Å². The first kappa shape index (κ1) is 20.1. The zero-order valence-corrected chi connectivity index (χ0v) is 17.4. The van der Waals surface area contributed by atoms with Gasteiger partial charge in [-0.1, -0.05) is 25.1 Å². The minimum atomic E-state index is 0.734. The molecule has 0 radical (unpaired) electrons. The zero-order valence-electron chi connectivity index (χ0n) is 16.6. The molecule has 0 bridgehead atoms. The van der Waals surface area contributed by atoms with E-state index in [0.29, 0.717) is 0 Å². The normalized spacial score (nSPS) is 11.6. The Morgan fingerprint density at radius 3 is 2.71 bits per heavy atom. The molecule has 0 spiro atoms. The van der Waals surface area contributed by atoms with E-state index in [0.717, 1.165) is 55.6 Å². The van der Waals surface area contributed by atoms with E-state index in [-0.39, 0.29) is 0 Å². The number of aromatic nitrogens is 3. The highest BCUT2D eigenvalue weighted by atomic mass is 32.1. The number of aryl methyl sites for hydroxylation is 1. The van der Waals surface area contributed by atoms with Crippen molar-refractivity contribution in [3.63, 3.8) is 0 Å². The minimum Gasteiger partial charge on any atom is -0.357 e. The second-order valence-corrected chi connectivity index (χ2v) is 7.59. The van der Waals surface area contributed by atoms with Crippen molar-refractivity contribution in [1.29, 1.82) is 0 Å². The molecule has 1 aromatic carbocycles.